The van der Waals surface area contributed by atoms with Crippen LogP contribution in [-0.4, -0.2) is 20.8 Å². The fourth-order valence-corrected chi connectivity index (χ4v) is 2.54. The van der Waals surface area contributed by atoms with Crippen molar-refractivity contribution < 1.29 is 12.6 Å². The van der Waals surface area contributed by atoms with E-state index in [1.165, 1.54) is 6.42 Å². The molecule has 0 amide bonds. The molecule has 4 heteroatoms. The Morgan fingerprint density at radius 3 is 2.45 bits per heavy atom. The summed E-state index contributed by atoms with van der Waals surface area (Å²) in [4.78, 5) is 0. The van der Waals surface area contributed by atoms with Gasteiger partial charge >= 0.3 is 0 Å². The highest BCUT2D eigenvalue weighted by Crippen LogP contribution is 2.27. The fraction of sp³-hybridized carbons (Fsp3) is 1.00. The van der Waals surface area contributed by atoms with Gasteiger partial charge in [-0.05, 0) is 25.7 Å². The molecule has 0 heterocycles. The van der Waals surface area contributed by atoms with E-state index in [2.05, 4.69) is 4.18 Å². The second-order valence-electron chi connectivity index (χ2n) is 2.93. The lowest BCUT2D eigenvalue weighted by Crippen LogP contribution is -2.23. The van der Waals surface area contributed by atoms with E-state index in [1.54, 1.807) is 6.92 Å². The Labute approximate surface area is 67.9 Å². The summed E-state index contributed by atoms with van der Waals surface area (Å²) in [5, 5.41) is 0. The molecule has 66 valence electrons. The molecule has 0 unspecified atom stereocenters. The van der Waals surface area contributed by atoms with Crippen LogP contribution in [0.25, 0.3) is 0 Å². The van der Waals surface area contributed by atoms with Gasteiger partial charge in [0.1, 0.15) is 0 Å². The van der Waals surface area contributed by atoms with Gasteiger partial charge in [0.25, 0.3) is 10.1 Å². The Balaban J connectivity index is 2.33. The zero-order chi connectivity index (χ0) is 8.32. The molecule has 0 aromatic heterocycles. The largest absolute Gasteiger partial charge is 0.270 e. The minimum Gasteiger partial charge on any atom is -0.270 e. The van der Waals surface area contributed by atoms with Crippen LogP contribution < -0.4 is 0 Å². The van der Waals surface area contributed by atoms with Crippen LogP contribution in [0.4, 0.5) is 0 Å². The second kappa shape index (κ2) is 3.54. The monoisotopic (exact) mass is 178 g/mol. The minimum absolute atomic E-state index is 0.223. The van der Waals surface area contributed by atoms with Crippen LogP contribution in [-0.2, 0) is 14.3 Å². The summed E-state index contributed by atoms with van der Waals surface area (Å²) in [6.45, 7) is 1.95. The fourth-order valence-electron chi connectivity index (χ4n) is 1.18. The molecular weight excluding hydrogens is 164 g/mol. The van der Waals surface area contributed by atoms with Crippen molar-refractivity contribution in [2.24, 2.45) is 5.92 Å². The summed E-state index contributed by atoms with van der Waals surface area (Å²) in [6.07, 6.45) is 3.27. The number of hydrogen-bond acceptors (Lipinski definition) is 3. The van der Waals surface area contributed by atoms with Crippen LogP contribution in [0.2, 0.25) is 0 Å². The quantitative estimate of drug-likeness (QED) is 0.606. The number of hydrogen-bond donors (Lipinski definition) is 0. The van der Waals surface area contributed by atoms with E-state index in [1.807, 2.05) is 0 Å². The molecule has 0 bridgehead atoms. The molecule has 0 atom stereocenters. The molecule has 1 fully saturated rings. The molecule has 3 nitrogen and oxygen atoms in total. The van der Waals surface area contributed by atoms with E-state index < -0.39 is 10.1 Å². The number of rotatable bonds is 4. The minimum atomic E-state index is -3.19. The SMILES string of the molecule is CCOS(=O)(=O)CC1CCC1. The summed E-state index contributed by atoms with van der Waals surface area (Å²) < 4.78 is 26.6. The average Bonchev–Trinajstić information content (AvgIpc) is 1.79. The van der Waals surface area contributed by atoms with Crippen molar-refractivity contribution in [2.75, 3.05) is 12.4 Å². The van der Waals surface area contributed by atoms with Gasteiger partial charge in [-0.2, -0.15) is 8.42 Å². The van der Waals surface area contributed by atoms with Gasteiger partial charge in [0, 0.05) is 0 Å². The Hall–Kier alpha value is -0.0900. The van der Waals surface area contributed by atoms with E-state index >= 15 is 0 Å². The van der Waals surface area contributed by atoms with E-state index in [4.69, 9.17) is 0 Å². The van der Waals surface area contributed by atoms with Crippen molar-refractivity contribution in [1.82, 2.24) is 0 Å². The standard InChI is InChI=1S/C7H14O3S/c1-2-10-11(8,9)6-7-4-3-5-7/h7H,2-6H2,1H3. The van der Waals surface area contributed by atoms with Crippen molar-refractivity contribution in [3.8, 4) is 0 Å². The topological polar surface area (TPSA) is 43.4 Å². The van der Waals surface area contributed by atoms with Gasteiger partial charge in [-0.25, -0.2) is 0 Å². The van der Waals surface area contributed by atoms with Gasteiger partial charge in [-0.3, -0.25) is 4.18 Å². The Kier molecular flexibility index (Phi) is 2.90. The van der Waals surface area contributed by atoms with Crippen molar-refractivity contribution in [3.05, 3.63) is 0 Å². The highest BCUT2D eigenvalue weighted by atomic mass is 32.2. The van der Waals surface area contributed by atoms with Crippen LogP contribution in [0.3, 0.4) is 0 Å². The van der Waals surface area contributed by atoms with Crippen LogP contribution in [0, 0.1) is 5.92 Å². The highest BCUT2D eigenvalue weighted by Gasteiger charge is 2.24. The Morgan fingerprint density at radius 1 is 1.45 bits per heavy atom. The zero-order valence-corrected chi connectivity index (χ0v) is 7.56. The molecule has 0 N–H and O–H groups in total. The molecule has 0 saturated heterocycles. The second-order valence-corrected chi connectivity index (χ2v) is 4.61. The maximum Gasteiger partial charge on any atom is 0.267 e. The Bertz CT molecular complexity index is 204. The predicted molar refractivity (Wildman–Crippen MR) is 42.8 cm³/mol. The molecular formula is C7H14O3S. The van der Waals surface area contributed by atoms with Crippen molar-refractivity contribution in [2.45, 2.75) is 26.2 Å². The summed E-state index contributed by atoms with van der Waals surface area (Å²) in [5.74, 6) is 0.590. The van der Waals surface area contributed by atoms with Gasteiger partial charge in [0.15, 0.2) is 0 Å². The first-order valence-corrected chi connectivity index (χ1v) is 5.59. The summed E-state index contributed by atoms with van der Waals surface area (Å²) in [5.41, 5.74) is 0. The van der Waals surface area contributed by atoms with E-state index in [0.717, 1.165) is 12.8 Å². The molecule has 1 saturated carbocycles. The third-order valence-corrected chi connectivity index (χ3v) is 3.44. The molecule has 11 heavy (non-hydrogen) atoms. The molecule has 0 aromatic rings. The molecule has 0 aliphatic heterocycles. The Morgan fingerprint density at radius 2 is 2.09 bits per heavy atom. The first-order chi connectivity index (χ1) is 5.14. The molecule has 0 aromatic carbocycles. The molecule has 1 rings (SSSR count). The first kappa shape index (κ1) is 9.00. The smallest absolute Gasteiger partial charge is 0.267 e. The van der Waals surface area contributed by atoms with Crippen LogP contribution in [0.15, 0.2) is 0 Å². The van der Waals surface area contributed by atoms with Gasteiger partial charge in [0.05, 0.1) is 12.4 Å². The molecule has 0 spiro atoms. The van der Waals surface area contributed by atoms with Gasteiger partial charge in [0.2, 0.25) is 0 Å². The molecule has 1 aliphatic carbocycles. The zero-order valence-electron chi connectivity index (χ0n) is 6.75. The van der Waals surface area contributed by atoms with Crippen LogP contribution in [0.1, 0.15) is 26.2 Å². The van der Waals surface area contributed by atoms with E-state index in [9.17, 15) is 8.42 Å². The van der Waals surface area contributed by atoms with Crippen LogP contribution >= 0.6 is 0 Å². The lowest BCUT2D eigenvalue weighted by molar-refractivity contribution is 0.305. The summed E-state index contributed by atoms with van der Waals surface area (Å²) in [6, 6.07) is 0. The highest BCUT2D eigenvalue weighted by molar-refractivity contribution is 7.86. The third-order valence-electron chi connectivity index (χ3n) is 1.96. The van der Waals surface area contributed by atoms with Gasteiger partial charge in [-0.1, -0.05) is 6.42 Å². The summed E-state index contributed by atoms with van der Waals surface area (Å²) in [7, 11) is -3.19. The molecule has 1 aliphatic rings. The van der Waals surface area contributed by atoms with Gasteiger partial charge in [-0.15, -0.1) is 0 Å². The third kappa shape index (κ3) is 2.79. The predicted octanol–water partition coefficient (Wildman–Crippen LogP) is 1.15. The first-order valence-electron chi connectivity index (χ1n) is 4.01. The summed E-state index contributed by atoms with van der Waals surface area (Å²) >= 11 is 0. The molecule has 0 radical (unpaired) electrons. The maximum atomic E-state index is 11.0. The van der Waals surface area contributed by atoms with E-state index in [-0.39, 0.29) is 12.4 Å². The van der Waals surface area contributed by atoms with Gasteiger partial charge < -0.3 is 0 Å². The average molecular weight is 178 g/mol. The van der Waals surface area contributed by atoms with Crippen LogP contribution in [0.5, 0.6) is 0 Å². The lowest BCUT2D eigenvalue weighted by atomic mass is 9.87. The van der Waals surface area contributed by atoms with Crippen molar-refractivity contribution >= 4 is 10.1 Å². The lowest BCUT2D eigenvalue weighted by Gasteiger charge is -2.24. The normalized spacial score (nSPS) is 19.7. The maximum absolute atomic E-state index is 11.0. The van der Waals surface area contributed by atoms with Crippen molar-refractivity contribution in [3.63, 3.8) is 0 Å². The van der Waals surface area contributed by atoms with E-state index in [0.29, 0.717) is 5.92 Å². The van der Waals surface area contributed by atoms with Crippen molar-refractivity contribution in [1.29, 1.82) is 0 Å².